The average Bonchev–Trinajstić information content (AvgIpc) is 2.39. The lowest BCUT2D eigenvalue weighted by atomic mass is 10.2. The van der Waals surface area contributed by atoms with Crippen LogP contribution in [0.3, 0.4) is 0 Å². The minimum absolute atomic E-state index is 0.0129. The highest BCUT2D eigenvalue weighted by molar-refractivity contribution is 9.10. The van der Waals surface area contributed by atoms with Crippen LogP contribution in [0.1, 0.15) is 24.2 Å². The van der Waals surface area contributed by atoms with Crippen LogP contribution in [0.4, 0.5) is 4.39 Å². The van der Waals surface area contributed by atoms with Gasteiger partial charge in [0.2, 0.25) is 0 Å². The van der Waals surface area contributed by atoms with Gasteiger partial charge in [-0.25, -0.2) is 4.39 Å². The Bertz CT molecular complexity index is 422. The molecule has 0 aliphatic carbocycles. The van der Waals surface area contributed by atoms with Gasteiger partial charge in [-0.05, 0) is 32.0 Å². The van der Waals surface area contributed by atoms with Crippen molar-refractivity contribution in [3.8, 4) is 0 Å². The summed E-state index contributed by atoms with van der Waals surface area (Å²) in [5.74, 6) is -1.06. The van der Waals surface area contributed by atoms with Crippen LogP contribution in [0.5, 0.6) is 0 Å². The molecule has 0 spiro atoms. The standard InChI is InChI=1S/C13H17BrFNO3/c1-3-18-12(19-4-2)8-16-13(17)10-7-9(14)5-6-11(10)15/h5-7,12H,3-4,8H2,1-2H3,(H,16,17). The fourth-order valence-corrected chi connectivity index (χ4v) is 1.84. The molecule has 1 N–H and O–H groups in total. The molecule has 4 nitrogen and oxygen atoms in total. The normalized spacial score (nSPS) is 10.8. The van der Waals surface area contributed by atoms with Crippen LogP contribution in [-0.2, 0) is 9.47 Å². The maximum Gasteiger partial charge on any atom is 0.254 e. The molecule has 0 radical (unpaired) electrons. The second-order valence-corrected chi connectivity index (χ2v) is 4.59. The number of benzene rings is 1. The zero-order chi connectivity index (χ0) is 14.3. The molecule has 6 heteroatoms. The van der Waals surface area contributed by atoms with Gasteiger partial charge < -0.3 is 14.8 Å². The van der Waals surface area contributed by atoms with Crippen molar-refractivity contribution in [3.05, 3.63) is 34.1 Å². The molecule has 19 heavy (non-hydrogen) atoms. The molecule has 0 atom stereocenters. The van der Waals surface area contributed by atoms with Gasteiger partial charge in [0, 0.05) is 17.7 Å². The Balaban J connectivity index is 2.61. The number of halogens is 2. The number of carbonyl (C=O) groups excluding carboxylic acids is 1. The Labute approximate surface area is 120 Å². The van der Waals surface area contributed by atoms with Gasteiger partial charge in [0.15, 0.2) is 6.29 Å². The largest absolute Gasteiger partial charge is 0.351 e. The lowest BCUT2D eigenvalue weighted by Gasteiger charge is -2.17. The summed E-state index contributed by atoms with van der Waals surface area (Å²) in [4.78, 5) is 11.8. The highest BCUT2D eigenvalue weighted by Crippen LogP contribution is 2.15. The van der Waals surface area contributed by atoms with Crippen molar-refractivity contribution < 1.29 is 18.7 Å². The summed E-state index contributed by atoms with van der Waals surface area (Å²) in [6, 6.07) is 4.21. The van der Waals surface area contributed by atoms with Gasteiger partial charge in [0.1, 0.15) is 5.82 Å². The smallest absolute Gasteiger partial charge is 0.254 e. The van der Waals surface area contributed by atoms with Crippen LogP contribution in [0.2, 0.25) is 0 Å². The Hall–Kier alpha value is -0.980. The van der Waals surface area contributed by atoms with Crippen LogP contribution >= 0.6 is 15.9 Å². The van der Waals surface area contributed by atoms with E-state index in [4.69, 9.17) is 9.47 Å². The molecule has 0 fully saturated rings. The fraction of sp³-hybridized carbons (Fsp3) is 0.462. The third-order valence-corrected chi connectivity index (χ3v) is 2.80. The SMILES string of the molecule is CCOC(CNC(=O)c1cc(Br)ccc1F)OCC. The minimum Gasteiger partial charge on any atom is -0.351 e. The monoisotopic (exact) mass is 333 g/mol. The van der Waals surface area contributed by atoms with Gasteiger partial charge in [0.25, 0.3) is 5.91 Å². The van der Waals surface area contributed by atoms with Crippen molar-refractivity contribution in [2.24, 2.45) is 0 Å². The summed E-state index contributed by atoms with van der Waals surface area (Å²) in [7, 11) is 0. The molecular formula is C13H17BrFNO3. The zero-order valence-corrected chi connectivity index (χ0v) is 12.5. The molecule has 1 aromatic carbocycles. The van der Waals surface area contributed by atoms with E-state index in [0.717, 1.165) is 0 Å². The number of rotatable bonds is 7. The van der Waals surface area contributed by atoms with Crippen LogP contribution in [-0.4, -0.2) is 32.0 Å². The number of carbonyl (C=O) groups is 1. The summed E-state index contributed by atoms with van der Waals surface area (Å²) in [5, 5.41) is 2.59. The summed E-state index contributed by atoms with van der Waals surface area (Å²) < 4.78 is 24.7. The molecule has 1 aromatic rings. The maximum absolute atomic E-state index is 13.5. The molecule has 0 saturated carbocycles. The van der Waals surface area contributed by atoms with Gasteiger partial charge in [-0.3, -0.25) is 4.79 Å². The summed E-state index contributed by atoms with van der Waals surface area (Å²) >= 11 is 3.20. The van der Waals surface area contributed by atoms with E-state index in [1.807, 2.05) is 13.8 Å². The van der Waals surface area contributed by atoms with Crippen molar-refractivity contribution in [1.29, 1.82) is 0 Å². The van der Waals surface area contributed by atoms with E-state index in [0.29, 0.717) is 17.7 Å². The molecular weight excluding hydrogens is 317 g/mol. The van der Waals surface area contributed by atoms with Gasteiger partial charge in [-0.1, -0.05) is 15.9 Å². The molecule has 0 unspecified atom stereocenters. The Morgan fingerprint density at radius 1 is 1.37 bits per heavy atom. The zero-order valence-electron chi connectivity index (χ0n) is 10.9. The fourth-order valence-electron chi connectivity index (χ4n) is 1.48. The third-order valence-electron chi connectivity index (χ3n) is 2.31. The van der Waals surface area contributed by atoms with Gasteiger partial charge in [-0.15, -0.1) is 0 Å². The molecule has 0 bridgehead atoms. The van der Waals surface area contributed by atoms with E-state index in [1.165, 1.54) is 18.2 Å². The first kappa shape index (κ1) is 16.1. The van der Waals surface area contributed by atoms with Crippen molar-refractivity contribution >= 4 is 21.8 Å². The lowest BCUT2D eigenvalue weighted by Crippen LogP contribution is -2.35. The highest BCUT2D eigenvalue weighted by Gasteiger charge is 2.14. The van der Waals surface area contributed by atoms with Crippen LogP contribution in [0, 0.1) is 5.82 Å². The molecule has 0 saturated heterocycles. The van der Waals surface area contributed by atoms with E-state index >= 15 is 0 Å². The van der Waals surface area contributed by atoms with E-state index in [2.05, 4.69) is 21.2 Å². The highest BCUT2D eigenvalue weighted by atomic mass is 79.9. The van der Waals surface area contributed by atoms with Gasteiger partial charge >= 0.3 is 0 Å². The number of hydrogen-bond acceptors (Lipinski definition) is 3. The summed E-state index contributed by atoms with van der Waals surface area (Å²) in [6.45, 7) is 4.80. The minimum atomic E-state index is -0.565. The molecule has 0 heterocycles. The van der Waals surface area contributed by atoms with Crippen molar-refractivity contribution in [2.45, 2.75) is 20.1 Å². The second kappa shape index (κ2) is 8.24. The molecule has 1 amide bonds. The second-order valence-electron chi connectivity index (χ2n) is 3.67. The van der Waals surface area contributed by atoms with Crippen LogP contribution < -0.4 is 5.32 Å². The molecule has 0 aliphatic heterocycles. The summed E-state index contributed by atoms with van der Waals surface area (Å²) in [5.41, 5.74) is -0.0129. The van der Waals surface area contributed by atoms with E-state index in [1.54, 1.807) is 0 Å². The first-order chi connectivity index (χ1) is 9.08. The Kier molecular flexibility index (Phi) is 6.97. The lowest BCUT2D eigenvalue weighted by molar-refractivity contribution is -0.131. The molecule has 1 rings (SSSR count). The van der Waals surface area contributed by atoms with Gasteiger partial charge in [0.05, 0.1) is 12.1 Å². The molecule has 106 valence electrons. The van der Waals surface area contributed by atoms with E-state index in [9.17, 15) is 9.18 Å². The van der Waals surface area contributed by atoms with Crippen LogP contribution in [0.15, 0.2) is 22.7 Å². The predicted molar refractivity (Wildman–Crippen MR) is 73.5 cm³/mol. The number of nitrogens with one attached hydrogen (secondary N) is 1. The van der Waals surface area contributed by atoms with Crippen molar-refractivity contribution in [3.63, 3.8) is 0 Å². The van der Waals surface area contributed by atoms with Crippen molar-refractivity contribution in [2.75, 3.05) is 19.8 Å². The number of amides is 1. The predicted octanol–water partition coefficient (Wildman–Crippen LogP) is 2.72. The quantitative estimate of drug-likeness (QED) is 0.780. The summed E-state index contributed by atoms with van der Waals surface area (Å²) in [6.07, 6.45) is -0.519. The van der Waals surface area contributed by atoms with Crippen molar-refractivity contribution in [1.82, 2.24) is 5.32 Å². The van der Waals surface area contributed by atoms with Gasteiger partial charge in [-0.2, -0.15) is 0 Å². The Morgan fingerprint density at radius 2 is 2.00 bits per heavy atom. The van der Waals surface area contributed by atoms with E-state index in [-0.39, 0.29) is 12.1 Å². The molecule has 0 aromatic heterocycles. The average molecular weight is 334 g/mol. The maximum atomic E-state index is 13.5. The topological polar surface area (TPSA) is 47.6 Å². The Morgan fingerprint density at radius 3 is 2.58 bits per heavy atom. The third kappa shape index (κ3) is 5.26. The first-order valence-corrected chi connectivity index (χ1v) is 6.84. The van der Waals surface area contributed by atoms with Crippen LogP contribution in [0.25, 0.3) is 0 Å². The first-order valence-electron chi connectivity index (χ1n) is 6.04. The number of ether oxygens (including phenoxy) is 2. The van der Waals surface area contributed by atoms with E-state index < -0.39 is 18.0 Å². The molecule has 0 aliphatic rings. The number of hydrogen-bond donors (Lipinski definition) is 1.